The lowest BCUT2D eigenvalue weighted by Gasteiger charge is -2.35. The normalized spacial score (nSPS) is 11.8. The second-order valence-electron chi connectivity index (χ2n) is 16.4. The lowest BCUT2D eigenvalue weighted by atomic mass is 10.0. The molecule has 2 aromatic heterocycles. The van der Waals surface area contributed by atoms with Crippen LogP contribution in [0.15, 0.2) is 255 Å². The summed E-state index contributed by atoms with van der Waals surface area (Å²) in [4.78, 5) is 0. The van der Waals surface area contributed by atoms with Gasteiger partial charge >= 0.3 is 0 Å². The van der Waals surface area contributed by atoms with E-state index >= 15 is 0 Å². The highest BCUT2D eigenvalue weighted by molar-refractivity contribution is 7.20. The summed E-state index contributed by atoms with van der Waals surface area (Å²) in [5.41, 5.74) is 12.0. The fraction of sp³-hybridized carbons (Fsp3) is 0. The zero-order valence-electron chi connectivity index (χ0n) is 34.6. The molecule has 0 N–H and O–H groups in total. The Morgan fingerprint density at radius 2 is 0.683 bits per heavy atom. The van der Waals surface area contributed by atoms with E-state index in [2.05, 4.69) is 264 Å². The van der Waals surface area contributed by atoms with Gasteiger partial charge in [-0.25, -0.2) is 0 Å². The standard InChI is InChI=1S/C60H42N2Si/c1-5-19-43(20-6-1)44-35-37-45(38-36-44)46-39-41-47(42-40-46)61-55-31-16-14-28-53(55)59-56(61)32-18-33-57(59)62-54-30-15-13-27-51(54)52-29-17-34-58(60(52)62)63(48-21-7-2-8-22-48,49-23-9-3-10-24-49)50-25-11-4-12-26-50/h1-42H. The van der Waals surface area contributed by atoms with Gasteiger partial charge in [0.1, 0.15) is 0 Å². The molecular weight excluding hydrogens is 777 g/mol. The molecule has 12 aromatic rings. The Hall–Kier alpha value is -7.98. The van der Waals surface area contributed by atoms with E-state index in [-0.39, 0.29) is 0 Å². The number of benzene rings is 10. The van der Waals surface area contributed by atoms with Gasteiger partial charge < -0.3 is 9.13 Å². The lowest BCUT2D eigenvalue weighted by molar-refractivity contribution is 1.17. The summed E-state index contributed by atoms with van der Waals surface area (Å²) < 4.78 is 5.04. The van der Waals surface area contributed by atoms with E-state index in [1.54, 1.807) is 0 Å². The van der Waals surface area contributed by atoms with Crippen molar-refractivity contribution >= 4 is 72.4 Å². The Morgan fingerprint density at radius 3 is 1.25 bits per heavy atom. The smallest absolute Gasteiger partial charge is 0.181 e. The Kier molecular flexibility index (Phi) is 8.87. The van der Waals surface area contributed by atoms with Gasteiger partial charge in [-0.2, -0.15) is 0 Å². The van der Waals surface area contributed by atoms with Crippen LogP contribution in [-0.4, -0.2) is 17.2 Å². The first-order valence-corrected chi connectivity index (χ1v) is 23.8. The quantitative estimate of drug-likeness (QED) is 0.107. The lowest BCUT2D eigenvalue weighted by Crippen LogP contribution is -2.75. The van der Waals surface area contributed by atoms with Gasteiger partial charge in [0.25, 0.3) is 0 Å². The summed E-state index contributed by atoms with van der Waals surface area (Å²) in [6.07, 6.45) is 0. The van der Waals surface area contributed by atoms with Crippen LogP contribution in [0, 0.1) is 0 Å². The van der Waals surface area contributed by atoms with Crippen molar-refractivity contribution in [2.24, 2.45) is 0 Å². The number of rotatable bonds is 8. The summed E-state index contributed by atoms with van der Waals surface area (Å²) in [6.45, 7) is 0. The molecule has 0 saturated carbocycles. The molecule has 3 heteroatoms. The molecule has 0 aliphatic heterocycles. The molecule has 63 heavy (non-hydrogen) atoms. The second kappa shape index (κ2) is 15.2. The highest BCUT2D eigenvalue weighted by Gasteiger charge is 2.43. The van der Waals surface area contributed by atoms with Crippen LogP contribution < -0.4 is 20.7 Å². The summed E-state index contributed by atoms with van der Waals surface area (Å²) in [6, 6.07) is 94.2. The third-order valence-electron chi connectivity index (χ3n) is 13.1. The first-order valence-electron chi connectivity index (χ1n) is 21.8. The molecule has 0 aliphatic carbocycles. The summed E-state index contributed by atoms with van der Waals surface area (Å²) in [5, 5.41) is 10.4. The summed E-state index contributed by atoms with van der Waals surface area (Å²) in [7, 11) is -2.94. The van der Waals surface area contributed by atoms with Gasteiger partial charge in [0.15, 0.2) is 8.07 Å². The summed E-state index contributed by atoms with van der Waals surface area (Å²) >= 11 is 0. The molecule has 0 aliphatic rings. The predicted molar refractivity (Wildman–Crippen MR) is 270 cm³/mol. The minimum absolute atomic E-state index is 1.13. The van der Waals surface area contributed by atoms with Crippen LogP contribution in [0.1, 0.15) is 0 Å². The van der Waals surface area contributed by atoms with Gasteiger partial charge in [0.2, 0.25) is 0 Å². The zero-order valence-corrected chi connectivity index (χ0v) is 35.6. The Balaban J connectivity index is 1.11. The first-order chi connectivity index (χ1) is 31.3. The van der Waals surface area contributed by atoms with E-state index in [1.807, 2.05) is 0 Å². The number of para-hydroxylation sites is 3. The second-order valence-corrected chi connectivity index (χ2v) is 20.2. The molecule has 2 nitrogen and oxygen atoms in total. The molecule has 0 radical (unpaired) electrons. The number of fused-ring (bicyclic) bond motifs is 6. The zero-order chi connectivity index (χ0) is 41.7. The van der Waals surface area contributed by atoms with Crippen LogP contribution in [0.3, 0.4) is 0 Å². The highest BCUT2D eigenvalue weighted by atomic mass is 28.3. The maximum Gasteiger partial charge on any atom is 0.181 e. The van der Waals surface area contributed by atoms with Crippen molar-refractivity contribution in [2.45, 2.75) is 0 Å². The molecule has 12 rings (SSSR count). The number of nitrogens with zero attached hydrogens (tertiary/aromatic N) is 2. The van der Waals surface area contributed by atoms with Gasteiger partial charge in [0, 0.05) is 27.2 Å². The van der Waals surface area contributed by atoms with Crippen LogP contribution in [0.5, 0.6) is 0 Å². The molecule has 0 saturated heterocycles. The number of aromatic nitrogens is 2. The van der Waals surface area contributed by atoms with Crippen molar-refractivity contribution in [3.8, 4) is 33.6 Å². The van der Waals surface area contributed by atoms with Crippen LogP contribution in [0.25, 0.3) is 77.2 Å². The molecular formula is C60H42N2Si. The van der Waals surface area contributed by atoms with E-state index in [9.17, 15) is 0 Å². The topological polar surface area (TPSA) is 9.86 Å². The van der Waals surface area contributed by atoms with Crippen LogP contribution in [-0.2, 0) is 0 Å². The summed E-state index contributed by atoms with van der Waals surface area (Å²) in [5.74, 6) is 0. The fourth-order valence-electron chi connectivity index (χ4n) is 10.4. The Bertz CT molecular complexity index is 3480. The molecule has 2 heterocycles. The number of hydrogen-bond acceptors (Lipinski definition) is 0. The van der Waals surface area contributed by atoms with E-state index in [1.165, 1.54) is 92.3 Å². The van der Waals surface area contributed by atoms with Crippen LogP contribution in [0.4, 0.5) is 0 Å². The molecule has 0 bridgehead atoms. The Labute approximate surface area is 368 Å². The monoisotopic (exact) mass is 818 g/mol. The Morgan fingerprint density at radius 1 is 0.270 bits per heavy atom. The van der Waals surface area contributed by atoms with Gasteiger partial charge in [-0.3, -0.25) is 0 Å². The van der Waals surface area contributed by atoms with Crippen molar-refractivity contribution < 1.29 is 0 Å². The van der Waals surface area contributed by atoms with Gasteiger partial charge in [-0.05, 0) is 79.4 Å². The maximum atomic E-state index is 2.60. The van der Waals surface area contributed by atoms with Crippen molar-refractivity contribution in [2.75, 3.05) is 0 Å². The van der Waals surface area contributed by atoms with Crippen molar-refractivity contribution in [1.29, 1.82) is 0 Å². The number of hydrogen-bond donors (Lipinski definition) is 0. The molecule has 0 atom stereocenters. The van der Waals surface area contributed by atoms with E-state index in [0.717, 1.165) is 5.69 Å². The maximum absolute atomic E-state index is 2.94. The third kappa shape index (κ3) is 5.85. The van der Waals surface area contributed by atoms with E-state index in [0.29, 0.717) is 0 Å². The van der Waals surface area contributed by atoms with Crippen molar-refractivity contribution in [3.63, 3.8) is 0 Å². The molecule has 10 aromatic carbocycles. The van der Waals surface area contributed by atoms with Crippen LogP contribution >= 0.6 is 0 Å². The average Bonchev–Trinajstić information content (AvgIpc) is 3.89. The van der Waals surface area contributed by atoms with Gasteiger partial charge in [-0.1, -0.05) is 218 Å². The predicted octanol–water partition coefficient (Wildman–Crippen LogP) is 12.6. The SMILES string of the molecule is c1ccc(-c2ccc(-c3ccc(-n4c5ccccc5c5c(-n6c7ccccc7c7cccc([Si](c8ccccc8)(c8ccccc8)c8ccccc8)c76)cccc54)cc3)cc2)cc1. The third-order valence-corrected chi connectivity index (χ3v) is 17.9. The van der Waals surface area contributed by atoms with Gasteiger partial charge in [0.05, 0.1) is 27.8 Å². The largest absolute Gasteiger partial charge is 0.309 e. The fourth-order valence-corrected chi connectivity index (χ4v) is 15.3. The molecule has 296 valence electrons. The molecule has 0 spiro atoms. The van der Waals surface area contributed by atoms with E-state index < -0.39 is 8.07 Å². The van der Waals surface area contributed by atoms with Crippen molar-refractivity contribution in [1.82, 2.24) is 9.13 Å². The minimum atomic E-state index is -2.94. The van der Waals surface area contributed by atoms with E-state index in [4.69, 9.17) is 0 Å². The molecule has 0 fully saturated rings. The van der Waals surface area contributed by atoms with Crippen LogP contribution in [0.2, 0.25) is 0 Å². The van der Waals surface area contributed by atoms with Gasteiger partial charge in [-0.15, -0.1) is 0 Å². The minimum Gasteiger partial charge on any atom is -0.309 e. The highest BCUT2D eigenvalue weighted by Crippen LogP contribution is 2.40. The molecule has 0 amide bonds. The first kappa shape index (κ1) is 36.8. The van der Waals surface area contributed by atoms with Crippen molar-refractivity contribution in [3.05, 3.63) is 255 Å². The average molecular weight is 819 g/mol. The molecule has 0 unspecified atom stereocenters.